The van der Waals surface area contributed by atoms with Crippen molar-refractivity contribution >= 4 is 16.7 Å². The molecule has 1 saturated heterocycles. The first-order valence-corrected chi connectivity index (χ1v) is 5.69. The highest BCUT2D eigenvalue weighted by Crippen LogP contribution is 2.16. The van der Waals surface area contributed by atoms with E-state index in [0.29, 0.717) is 0 Å². The molecule has 0 radical (unpaired) electrons. The number of likely N-dealkylation sites (tertiary alicyclic amines) is 1. The van der Waals surface area contributed by atoms with Gasteiger partial charge in [-0.05, 0) is 44.1 Å². The molecule has 78 valence electrons. The Hall–Kier alpha value is -0.750. The number of nitrogens with zero attached hydrogens (tertiary/aromatic N) is 4. The molecule has 1 fully saturated rings. The SMILES string of the molecule is CN1CCC(CNc2nnns2)CC1. The van der Waals surface area contributed by atoms with E-state index in [1.165, 1.54) is 37.5 Å². The van der Waals surface area contributed by atoms with Crippen LogP contribution >= 0.6 is 11.5 Å². The summed E-state index contributed by atoms with van der Waals surface area (Å²) in [4.78, 5) is 2.38. The molecular weight excluding hydrogens is 198 g/mol. The topological polar surface area (TPSA) is 53.9 Å². The minimum atomic E-state index is 0.773. The Kier molecular flexibility index (Phi) is 3.26. The largest absolute Gasteiger partial charge is 0.359 e. The Morgan fingerprint density at radius 2 is 2.29 bits per heavy atom. The van der Waals surface area contributed by atoms with Crippen molar-refractivity contribution in [2.45, 2.75) is 12.8 Å². The zero-order valence-corrected chi connectivity index (χ0v) is 9.13. The third-order valence-corrected chi connectivity index (χ3v) is 3.23. The summed E-state index contributed by atoms with van der Waals surface area (Å²) in [6.07, 6.45) is 2.55. The van der Waals surface area contributed by atoms with Crippen LogP contribution in [0.15, 0.2) is 0 Å². The molecule has 1 N–H and O–H groups in total. The fourth-order valence-electron chi connectivity index (χ4n) is 1.70. The number of hydrogen-bond donors (Lipinski definition) is 1. The summed E-state index contributed by atoms with van der Waals surface area (Å²) in [6.45, 7) is 3.42. The average Bonchev–Trinajstić information content (AvgIpc) is 2.70. The third kappa shape index (κ3) is 2.62. The second-order valence-corrected chi connectivity index (χ2v) is 4.53. The highest BCUT2D eigenvalue weighted by atomic mass is 32.1. The predicted octanol–water partition coefficient (Wildman–Crippen LogP) is 0.687. The number of aromatic nitrogens is 3. The first-order valence-electron chi connectivity index (χ1n) is 4.92. The lowest BCUT2D eigenvalue weighted by Gasteiger charge is -2.28. The summed E-state index contributed by atoms with van der Waals surface area (Å²) < 4.78 is 3.71. The molecule has 0 aromatic carbocycles. The summed E-state index contributed by atoms with van der Waals surface area (Å²) >= 11 is 1.32. The molecule has 6 heteroatoms. The van der Waals surface area contributed by atoms with E-state index < -0.39 is 0 Å². The molecule has 0 atom stereocenters. The molecular formula is C8H15N5S. The Morgan fingerprint density at radius 3 is 2.93 bits per heavy atom. The Balaban J connectivity index is 1.71. The van der Waals surface area contributed by atoms with E-state index in [-0.39, 0.29) is 0 Å². The maximum Gasteiger partial charge on any atom is 0.225 e. The smallest absolute Gasteiger partial charge is 0.225 e. The van der Waals surface area contributed by atoms with Crippen LogP contribution in [0.5, 0.6) is 0 Å². The van der Waals surface area contributed by atoms with Gasteiger partial charge in [-0.2, -0.15) is 0 Å². The average molecular weight is 213 g/mol. The molecule has 1 aromatic heterocycles. The summed E-state index contributed by atoms with van der Waals surface area (Å²) in [6, 6.07) is 0. The van der Waals surface area contributed by atoms with Crippen LogP contribution in [0, 0.1) is 5.92 Å². The first-order chi connectivity index (χ1) is 6.84. The maximum absolute atomic E-state index is 3.85. The molecule has 14 heavy (non-hydrogen) atoms. The molecule has 2 heterocycles. The van der Waals surface area contributed by atoms with E-state index in [2.05, 4.69) is 32.1 Å². The summed E-state index contributed by atoms with van der Waals surface area (Å²) in [5.74, 6) is 0.773. The van der Waals surface area contributed by atoms with Gasteiger partial charge in [0.1, 0.15) is 0 Å². The molecule has 0 amide bonds. The standard InChI is InChI=1S/C8H15N5S/c1-13-4-2-7(3-5-13)6-9-8-10-11-12-14-8/h7H,2-6H2,1H3,(H,9,10,12). The van der Waals surface area contributed by atoms with Gasteiger partial charge in [0.05, 0.1) is 0 Å². The number of nitrogens with one attached hydrogen (secondary N) is 1. The van der Waals surface area contributed by atoms with E-state index in [9.17, 15) is 0 Å². The number of hydrogen-bond acceptors (Lipinski definition) is 6. The van der Waals surface area contributed by atoms with Crippen molar-refractivity contribution in [1.29, 1.82) is 0 Å². The molecule has 2 rings (SSSR count). The van der Waals surface area contributed by atoms with Crippen molar-refractivity contribution in [3.05, 3.63) is 0 Å². The molecule has 0 unspecified atom stereocenters. The fourth-order valence-corrected chi connectivity index (χ4v) is 2.07. The normalized spacial score (nSPS) is 19.8. The minimum absolute atomic E-state index is 0.773. The van der Waals surface area contributed by atoms with Gasteiger partial charge in [-0.3, -0.25) is 0 Å². The van der Waals surface area contributed by atoms with Crippen LogP contribution < -0.4 is 5.32 Å². The molecule has 0 spiro atoms. The lowest BCUT2D eigenvalue weighted by molar-refractivity contribution is 0.226. The first kappa shape index (κ1) is 9.79. The number of anilines is 1. The van der Waals surface area contributed by atoms with Crippen molar-refractivity contribution in [1.82, 2.24) is 19.7 Å². The van der Waals surface area contributed by atoms with Gasteiger partial charge < -0.3 is 10.2 Å². The third-order valence-electron chi connectivity index (χ3n) is 2.68. The van der Waals surface area contributed by atoms with Gasteiger partial charge in [0, 0.05) is 18.1 Å². The van der Waals surface area contributed by atoms with E-state index in [1.807, 2.05) is 0 Å². The summed E-state index contributed by atoms with van der Waals surface area (Å²) in [5.41, 5.74) is 0. The van der Waals surface area contributed by atoms with Crippen LogP contribution in [0.25, 0.3) is 0 Å². The zero-order valence-electron chi connectivity index (χ0n) is 8.31. The van der Waals surface area contributed by atoms with E-state index in [4.69, 9.17) is 0 Å². The molecule has 1 aliphatic rings. The second kappa shape index (κ2) is 4.65. The quantitative estimate of drug-likeness (QED) is 0.800. The lowest BCUT2D eigenvalue weighted by Crippen LogP contribution is -2.32. The molecule has 1 aliphatic heterocycles. The Labute approximate surface area is 87.7 Å². The van der Waals surface area contributed by atoms with Crippen molar-refractivity contribution in [2.75, 3.05) is 32.0 Å². The molecule has 0 bridgehead atoms. The monoisotopic (exact) mass is 213 g/mol. The van der Waals surface area contributed by atoms with Gasteiger partial charge >= 0.3 is 0 Å². The van der Waals surface area contributed by atoms with Gasteiger partial charge in [0.2, 0.25) is 5.13 Å². The molecule has 0 aliphatic carbocycles. The van der Waals surface area contributed by atoms with E-state index in [0.717, 1.165) is 17.6 Å². The number of piperidine rings is 1. The number of rotatable bonds is 3. The minimum Gasteiger partial charge on any atom is -0.359 e. The fraction of sp³-hybridized carbons (Fsp3) is 0.875. The van der Waals surface area contributed by atoms with Crippen molar-refractivity contribution < 1.29 is 0 Å². The van der Waals surface area contributed by atoms with Crippen LogP contribution in [0.3, 0.4) is 0 Å². The van der Waals surface area contributed by atoms with Gasteiger partial charge in [-0.15, -0.1) is 0 Å². The van der Waals surface area contributed by atoms with Crippen LogP contribution in [-0.2, 0) is 0 Å². The molecule has 1 aromatic rings. The highest BCUT2D eigenvalue weighted by Gasteiger charge is 2.16. The van der Waals surface area contributed by atoms with E-state index >= 15 is 0 Å². The Bertz CT molecular complexity index is 255. The Morgan fingerprint density at radius 1 is 1.50 bits per heavy atom. The summed E-state index contributed by atoms with van der Waals surface area (Å²) in [7, 11) is 2.18. The van der Waals surface area contributed by atoms with Crippen LogP contribution in [0.2, 0.25) is 0 Å². The van der Waals surface area contributed by atoms with Gasteiger partial charge in [-0.1, -0.05) is 9.59 Å². The van der Waals surface area contributed by atoms with Gasteiger partial charge in [0.15, 0.2) is 0 Å². The van der Waals surface area contributed by atoms with Crippen molar-refractivity contribution in [2.24, 2.45) is 5.92 Å². The van der Waals surface area contributed by atoms with Crippen molar-refractivity contribution in [3.63, 3.8) is 0 Å². The summed E-state index contributed by atoms with van der Waals surface area (Å²) in [5, 5.41) is 11.5. The van der Waals surface area contributed by atoms with Crippen LogP contribution in [0.1, 0.15) is 12.8 Å². The second-order valence-electron chi connectivity index (χ2n) is 3.80. The molecule has 0 saturated carbocycles. The highest BCUT2D eigenvalue weighted by molar-refractivity contribution is 7.09. The predicted molar refractivity (Wildman–Crippen MR) is 56.4 cm³/mol. The van der Waals surface area contributed by atoms with Crippen LogP contribution in [0.4, 0.5) is 5.13 Å². The van der Waals surface area contributed by atoms with Gasteiger partial charge in [0.25, 0.3) is 0 Å². The zero-order chi connectivity index (χ0) is 9.80. The van der Waals surface area contributed by atoms with Crippen molar-refractivity contribution in [3.8, 4) is 0 Å². The molecule has 5 nitrogen and oxygen atoms in total. The maximum atomic E-state index is 3.85. The van der Waals surface area contributed by atoms with E-state index in [1.54, 1.807) is 0 Å². The van der Waals surface area contributed by atoms with Gasteiger partial charge in [-0.25, -0.2) is 0 Å². The van der Waals surface area contributed by atoms with Crippen LogP contribution in [-0.4, -0.2) is 46.4 Å². The lowest BCUT2D eigenvalue weighted by atomic mass is 9.97.